The zero-order valence-electron chi connectivity index (χ0n) is 11.4. The Kier molecular flexibility index (Phi) is 4.44. The summed E-state index contributed by atoms with van der Waals surface area (Å²) in [7, 11) is 2.00. The van der Waals surface area contributed by atoms with Gasteiger partial charge in [0.1, 0.15) is 5.82 Å². The van der Waals surface area contributed by atoms with Gasteiger partial charge in [-0.3, -0.25) is 0 Å². The molecule has 104 valence electrons. The van der Waals surface area contributed by atoms with Gasteiger partial charge in [-0.15, -0.1) is 9.24 Å². The number of benzene rings is 3. The third kappa shape index (κ3) is 3.21. The summed E-state index contributed by atoms with van der Waals surface area (Å²) in [6, 6.07) is 25.9. The van der Waals surface area contributed by atoms with Crippen molar-refractivity contribution in [3.63, 3.8) is 0 Å². The van der Waals surface area contributed by atoms with Gasteiger partial charge < -0.3 is 0 Å². The van der Waals surface area contributed by atoms with Crippen molar-refractivity contribution in [1.29, 1.82) is 0 Å². The van der Waals surface area contributed by atoms with Crippen molar-refractivity contribution < 1.29 is 4.39 Å². The van der Waals surface area contributed by atoms with Crippen molar-refractivity contribution in [2.24, 2.45) is 0 Å². The van der Waals surface area contributed by atoms with E-state index in [4.69, 9.17) is 0 Å². The summed E-state index contributed by atoms with van der Waals surface area (Å²) in [5.74, 6) is -0.195. The van der Waals surface area contributed by atoms with Crippen molar-refractivity contribution in [2.75, 3.05) is 0 Å². The number of hydrogen-bond acceptors (Lipinski definition) is 0. The van der Waals surface area contributed by atoms with E-state index >= 15 is 0 Å². The lowest BCUT2D eigenvalue weighted by Crippen LogP contribution is -2.27. The SMILES string of the molecule is Fc1ccc(P(c2ccccc2)c2ccccc2)c(P)c1. The average Bonchev–Trinajstić information content (AvgIpc) is 2.52. The Morgan fingerprint density at radius 3 is 1.71 bits per heavy atom. The van der Waals surface area contributed by atoms with E-state index in [2.05, 4.69) is 57.8 Å². The van der Waals surface area contributed by atoms with Gasteiger partial charge in [-0.05, 0) is 41.3 Å². The molecular weight excluding hydrogens is 297 g/mol. The summed E-state index contributed by atoms with van der Waals surface area (Å²) in [6.45, 7) is 0. The van der Waals surface area contributed by atoms with Crippen LogP contribution in [0.2, 0.25) is 0 Å². The normalized spacial score (nSPS) is 10.8. The minimum Gasteiger partial charge on any atom is -0.207 e. The fourth-order valence-corrected chi connectivity index (χ4v) is 5.29. The van der Waals surface area contributed by atoms with Gasteiger partial charge in [-0.25, -0.2) is 4.39 Å². The van der Waals surface area contributed by atoms with E-state index in [0.717, 1.165) is 5.30 Å². The summed E-state index contributed by atoms with van der Waals surface area (Å²) in [6.07, 6.45) is 0. The average molecular weight is 312 g/mol. The molecule has 21 heavy (non-hydrogen) atoms. The molecule has 0 bridgehead atoms. The van der Waals surface area contributed by atoms with E-state index < -0.39 is 7.92 Å². The van der Waals surface area contributed by atoms with Crippen LogP contribution in [-0.4, -0.2) is 0 Å². The maximum atomic E-state index is 13.4. The minimum atomic E-state index is -0.667. The molecule has 0 saturated heterocycles. The second kappa shape index (κ2) is 6.48. The quantitative estimate of drug-likeness (QED) is 0.652. The number of hydrogen-bond donors (Lipinski definition) is 0. The van der Waals surface area contributed by atoms with Crippen molar-refractivity contribution in [3.8, 4) is 0 Å². The van der Waals surface area contributed by atoms with Crippen LogP contribution in [0.3, 0.4) is 0 Å². The molecular formula is C18H15FP2. The predicted octanol–water partition coefficient (Wildman–Crippen LogP) is 3.08. The predicted molar refractivity (Wildman–Crippen MR) is 94.5 cm³/mol. The smallest absolute Gasteiger partial charge is 0.123 e. The molecule has 0 heterocycles. The minimum absolute atomic E-state index is 0.195. The van der Waals surface area contributed by atoms with E-state index in [1.54, 1.807) is 12.1 Å². The van der Waals surface area contributed by atoms with Crippen LogP contribution in [-0.2, 0) is 0 Å². The van der Waals surface area contributed by atoms with E-state index in [-0.39, 0.29) is 5.82 Å². The molecule has 0 fully saturated rings. The lowest BCUT2D eigenvalue weighted by Gasteiger charge is -2.21. The second-order valence-corrected chi connectivity index (χ2v) is 7.52. The molecule has 3 rings (SSSR count). The molecule has 0 spiro atoms. The van der Waals surface area contributed by atoms with Crippen molar-refractivity contribution in [1.82, 2.24) is 0 Å². The van der Waals surface area contributed by atoms with Crippen molar-refractivity contribution in [2.45, 2.75) is 0 Å². The molecule has 0 aliphatic rings. The Labute approximate surface area is 128 Å². The molecule has 0 nitrogen and oxygen atoms in total. The summed E-state index contributed by atoms with van der Waals surface area (Å²) in [5, 5.41) is 4.64. The lowest BCUT2D eigenvalue weighted by atomic mass is 10.3. The van der Waals surface area contributed by atoms with Gasteiger partial charge in [-0.1, -0.05) is 66.7 Å². The first-order valence-electron chi connectivity index (χ1n) is 6.71. The fraction of sp³-hybridized carbons (Fsp3) is 0. The molecule has 0 N–H and O–H groups in total. The summed E-state index contributed by atoms with van der Waals surface area (Å²) >= 11 is 0. The standard InChI is InChI=1S/C18H15FP2/c19-14-11-12-18(17(20)13-14)21(15-7-3-1-4-8-15)16-9-5-2-6-10-16/h1-13H,20H2. The van der Waals surface area contributed by atoms with Gasteiger partial charge >= 0.3 is 0 Å². The number of halogens is 1. The van der Waals surface area contributed by atoms with Gasteiger partial charge in [0.05, 0.1) is 0 Å². The van der Waals surface area contributed by atoms with Crippen LogP contribution in [0, 0.1) is 5.82 Å². The van der Waals surface area contributed by atoms with E-state index in [9.17, 15) is 4.39 Å². The van der Waals surface area contributed by atoms with Gasteiger partial charge in [-0.2, -0.15) is 0 Å². The Morgan fingerprint density at radius 1 is 0.714 bits per heavy atom. The van der Waals surface area contributed by atoms with Crippen LogP contribution in [0.5, 0.6) is 0 Å². The van der Waals surface area contributed by atoms with Gasteiger partial charge in [0.15, 0.2) is 0 Å². The third-order valence-electron chi connectivity index (χ3n) is 3.26. The third-order valence-corrected chi connectivity index (χ3v) is 6.50. The Bertz CT molecular complexity index is 687. The molecule has 0 saturated carbocycles. The molecule has 3 aromatic rings. The Morgan fingerprint density at radius 2 is 1.24 bits per heavy atom. The topological polar surface area (TPSA) is 0 Å². The maximum absolute atomic E-state index is 13.4. The van der Waals surface area contributed by atoms with Crippen molar-refractivity contribution >= 4 is 38.4 Å². The Balaban J connectivity index is 2.17. The van der Waals surface area contributed by atoms with Gasteiger partial charge in [0.25, 0.3) is 0 Å². The second-order valence-electron chi connectivity index (χ2n) is 4.71. The van der Waals surface area contributed by atoms with Crippen LogP contribution in [0.25, 0.3) is 0 Å². The highest BCUT2D eigenvalue weighted by Crippen LogP contribution is 2.32. The first-order chi connectivity index (χ1) is 10.3. The summed E-state index contributed by atoms with van der Waals surface area (Å²) in [4.78, 5) is 0. The highest BCUT2D eigenvalue weighted by molar-refractivity contribution is 7.80. The zero-order chi connectivity index (χ0) is 14.7. The molecule has 0 aliphatic carbocycles. The molecule has 0 aromatic heterocycles. The van der Waals surface area contributed by atoms with E-state index in [0.29, 0.717) is 0 Å². The molecule has 3 aromatic carbocycles. The van der Waals surface area contributed by atoms with Crippen LogP contribution in [0.1, 0.15) is 0 Å². The molecule has 0 amide bonds. The first-order valence-corrected chi connectivity index (χ1v) is 8.63. The summed E-state index contributed by atoms with van der Waals surface area (Å²) in [5.41, 5.74) is 0. The highest BCUT2D eigenvalue weighted by Gasteiger charge is 2.18. The molecule has 1 unspecified atom stereocenters. The zero-order valence-corrected chi connectivity index (χ0v) is 13.5. The first kappa shape index (κ1) is 14.4. The number of rotatable bonds is 3. The molecule has 3 heteroatoms. The van der Waals surface area contributed by atoms with Crippen LogP contribution in [0.15, 0.2) is 78.9 Å². The largest absolute Gasteiger partial charge is 0.207 e. The van der Waals surface area contributed by atoms with E-state index in [1.807, 2.05) is 18.2 Å². The molecule has 0 radical (unpaired) electrons. The Hall–Kier alpha value is -1.55. The van der Waals surface area contributed by atoms with E-state index in [1.165, 1.54) is 15.9 Å². The monoisotopic (exact) mass is 312 g/mol. The van der Waals surface area contributed by atoms with Gasteiger partial charge in [0, 0.05) is 0 Å². The maximum Gasteiger partial charge on any atom is 0.123 e. The molecule has 1 atom stereocenters. The molecule has 0 aliphatic heterocycles. The van der Waals surface area contributed by atoms with Crippen LogP contribution in [0.4, 0.5) is 4.39 Å². The van der Waals surface area contributed by atoms with Gasteiger partial charge in [0.2, 0.25) is 0 Å². The van der Waals surface area contributed by atoms with Crippen LogP contribution >= 0.6 is 17.2 Å². The van der Waals surface area contributed by atoms with Crippen molar-refractivity contribution in [3.05, 3.63) is 84.7 Å². The fourth-order valence-electron chi connectivity index (χ4n) is 2.31. The summed E-state index contributed by atoms with van der Waals surface area (Å²) < 4.78 is 13.4. The van der Waals surface area contributed by atoms with Crippen LogP contribution < -0.4 is 21.2 Å². The highest BCUT2D eigenvalue weighted by atomic mass is 31.1. The lowest BCUT2D eigenvalue weighted by molar-refractivity contribution is 0.629.